The molecule has 5 nitrogen and oxygen atoms in total. The molecule has 2 heterocycles. The van der Waals surface area contributed by atoms with Gasteiger partial charge < -0.3 is 14.7 Å². The molecule has 2 aromatic heterocycles. The molecule has 1 fully saturated rings. The molecule has 146 valence electrons. The topological polar surface area (TPSA) is 81.8 Å². The number of fused-ring (bicyclic) bond motifs is 4. The van der Waals surface area contributed by atoms with E-state index < -0.39 is 12.4 Å². The van der Waals surface area contributed by atoms with Crippen LogP contribution in [0.15, 0.2) is 35.1 Å². The molecule has 0 amide bonds. The molecule has 2 aromatic carbocycles. The summed E-state index contributed by atoms with van der Waals surface area (Å²) in [6.07, 6.45) is 5.30. The molecule has 4 aromatic rings. The number of aromatic nitrogens is 2. The lowest BCUT2D eigenvalue weighted by atomic mass is 9.94. The maximum Gasteiger partial charge on any atom is 0.199 e. The summed E-state index contributed by atoms with van der Waals surface area (Å²) in [4.78, 5) is 16.8. The van der Waals surface area contributed by atoms with Crippen LogP contribution in [0.5, 0.6) is 0 Å². The minimum Gasteiger partial charge on any atom is -0.392 e. The molecule has 29 heavy (non-hydrogen) atoms. The molecule has 5 rings (SSSR count). The average molecular weight is 389 g/mol. The molecule has 1 aliphatic carbocycles. The highest BCUT2D eigenvalue weighted by Crippen LogP contribution is 2.36. The van der Waals surface area contributed by atoms with E-state index in [0.717, 1.165) is 36.6 Å². The van der Waals surface area contributed by atoms with Crippen molar-refractivity contribution < 1.29 is 9.50 Å². The van der Waals surface area contributed by atoms with Gasteiger partial charge in [0.25, 0.3) is 0 Å². The van der Waals surface area contributed by atoms with E-state index in [9.17, 15) is 19.6 Å². The van der Waals surface area contributed by atoms with Crippen molar-refractivity contribution in [3.63, 3.8) is 0 Å². The van der Waals surface area contributed by atoms with Crippen LogP contribution in [-0.2, 0) is 6.61 Å². The van der Waals surface area contributed by atoms with Crippen molar-refractivity contribution in [2.75, 3.05) is 0 Å². The fraction of sp³-hybridized carbons (Fsp3) is 0.304. The van der Waals surface area contributed by atoms with E-state index in [-0.39, 0.29) is 17.0 Å². The van der Waals surface area contributed by atoms with Gasteiger partial charge in [-0.3, -0.25) is 4.79 Å². The van der Waals surface area contributed by atoms with E-state index in [0.29, 0.717) is 27.5 Å². The smallest absolute Gasteiger partial charge is 0.199 e. The minimum absolute atomic E-state index is 0.121. The summed E-state index contributed by atoms with van der Waals surface area (Å²) in [5, 5.41) is 20.5. The van der Waals surface area contributed by atoms with Crippen molar-refractivity contribution in [3.05, 3.63) is 57.5 Å². The molecular formula is C23H20FN3O2. The van der Waals surface area contributed by atoms with Gasteiger partial charge in [0.15, 0.2) is 5.43 Å². The van der Waals surface area contributed by atoms with Crippen molar-refractivity contribution in [3.8, 4) is 6.07 Å². The highest BCUT2D eigenvalue weighted by molar-refractivity contribution is 6.10. The van der Waals surface area contributed by atoms with E-state index in [1.165, 1.54) is 18.6 Å². The maximum atomic E-state index is 14.6. The zero-order valence-corrected chi connectivity index (χ0v) is 15.8. The van der Waals surface area contributed by atoms with Gasteiger partial charge in [0, 0.05) is 27.9 Å². The van der Waals surface area contributed by atoms with Gasteiger partial charge in [0.05, 0.1) is 29.1 Å². The van der Waals surface area contributed by atoms with Crippen LogP contribution in [0.3, 0.4) is 0 Å². The number of aliphatic hydroxyl groups is 1. The second kappa shape index (κ2) is 6.71. The molecule has 1 saturated carbocycles. The number of nitriles is 1. The van der Waals surface area contributed by atoms with Crippen LogP contribution in [0.1, 0.15) is 49.3 Å². The highest BCUT2D eigenvalue weighted by atomic mass is 19.1. The molecule has 0 radical (unpaired) electrons. The first kappa shape index (κ1) is 17.9. The predicted molar refractivity (Wildman–Crippen MR) is 110 cm³/mol. The Kier molecular flexibility index (Phi) is 4.14. The SMILES string of the molecule is N#Cc1ccc2c(c1)[nH]c1c2c(=O)c2cc(CO)c(F)cc2n1C1CCCCC1. The lowest BCUT2D eigenvalue weighted by molar-refractivity contribution is 0.276. The number of H-pyrrole nitrogens is 1. The molecule has 0 aliphatic heterocycles. The largest absolute Gasteiger partial charge is 0.392 e. The van der Waals surface area contributed by atoms with Gasteiger partial charge in [-0.1, -0.05) is 25.3 Å². The van der Waals surface area contributed by atoms with Crippen LogP contribution < -0.4 is 5.43 Å². The van der Waals surface area contributed by atoms with Crippen LogP contribution in [0, 0.1) is 17.1 Å². The summed E-state index contributed by atoms with van der Waals surface area (Å²) < 4.78 is 16.7. The molecule has 0 unspecified atom stereocenters. The fourth-order valence-corrected chi connectivity index (χ4v) is 4.75. The van der Waals surface area contributed by atoms with E-state index in [2.05, 4.69) is 15.6 Å². The normalized spacial score (nSPS) is 15.3. The summed E-state index contributed by atoms with van der Waals surface area (Å²) in [5.41, 5.74) is 2.40. The molecule has 6 heteroatoms. The monoisotopic (exact) mass is 389 g/mol. The predicted octanol–water partition coefficient (Wildman–Crippen LogP) is 4.64. The standard InChI is InChI=1S/C23H20FN3O2/c24-18-10-20-17(9-14(18)12-28)22(29)21-16-7-6-13(11-25)8-19(16)26-23(21)27(20)15-4-2-1-3-5-15/h6-10,15,26,28H,1-5,12H2. The first-order chi connectivity index (χ1) is 14.1. The summed E-state index contributed by atoms with van der Waals surface area (Å²) in [6.45, 7) is -0.456. The van der Waals surface area contributed by atoms with Crippen LogP contribution in [-0.4, -0.2) is 14.7 Å². The second-order valence-electron chi connectivity index (χ2n) is 7.83. The van der Waals surface area contributed by atoms with E-state index in [1.807, 2.05) is 0 Å². The van der Waals surface area contributed by atoms with Gasteiger partial charge in [0.2, 0.25) is 0 Å². The summed E-state index contributed by atoms with van der Waals surface area (Å²) >= 11 is 0. The highest BCUT2D eigenvalue weighted by Gasteiger charge is 2.24. The van der Waals surface area contributed by atoms with Gasteiger partial charge in [-0.05, 0) is 37.1 Å². The lowest BCUT2D eigenvalue weighted by Crippen LogP contribution is -2.18. The van der Waals surface area contributed by atoms with Gasteiger partial charge in [-0.2, -0.15) is 5.26 Å². The van der Waals surface area contributed by atoms with Crippen molar-refractivity contribution >= 4 is 32.8 Å². The van der Waals surface area contributed by atoms with Gasteiger partial charge in [-0.15, -0.1) is 0 Å². The molecule has 0 spiro atoms. The molecule has 0 atom stereocenters. The number of hydrogen-bond donors (Lipinski definition) is 2. The van der Waals surface area contributed by atoms with E-state index in [1.54, 1.807) is 18.2 Å². The van der Waals surface area contributed by atoms with Crippen molar-refractivity contribution in [2.45, 2.75) is 44.8 Å². The molecule has 0 bridgehead atoms. The second-order valence-corrected chi connectivity index (χ2v) is 7.83. The fourth-order valence-electron chi connectivity index (χ4n) is 4.75. The molecule has 0 saturated heterocycles. The van der Waals surface area contributed by atoms with Crippen molar-refractivity contribution in [1.29, 1.82) is 5.26 Å². The Bertz CT molecular complexity index is 1370. The molecule has 2 N–H and O–H groups in total. The third-order valence-corrected chi connectivity index (χ3v) is 6.15. The Morgan fingerprint density at radius 1 is 1.17 bits per heavy atom. The lowest BCUT2D eigenvalue weighted by Gasteiger charge is -2.27. The zero-order chi connectivity index (χ0) is 20.1. The zero-order valence-electron chi connectivity index (χ0n) is 15.8. The number of nitrogens with zero attached hydrogens (tertiary/aromatic N) is 2. The number of aromatic amines is 1. The molecule has 1 aliphatic rings. The Hall–Kier alpha value is -3.17. The number of halogens is 1. The number of aliphatic hydroxyl groups excluding tert-OH is 1. The van der Waals surface area contributed by atoms with Gasteiger partial charge in [0.1, 0.15) is 11.5 Å². The Balaban J connectivity index is 1.97. The third kappa shape index (κ3) is 2.65. The average Bonchev–Trinajstić information content (AvgIpc) is 3.12. The first-order valence-corrected chi connectivity index (χ1v) is 9.95. The molecular weight excluding hydrogens is 369 g/mol. The van der Waals surface area contributed by atoms with Gasteiger partial charge in [-0.25, -0.2) is 4.39 Å². The first-order valence-electron chi connectivity index (χ1n) is 9.95. The minimum atomic E-state index is -0.508. The van der Waals surface area contributed by atoms with Crippen molar-refractivity contribution in [2.24, 2.45) is 0 Å². The summed E-state index contributed by atoms with van der Waals surface area (Å²) in [7, 11) is 0. The van der Waals surface area contributed by atoms with Crippen LogP contribution in [0.25, 0.3) is 32.8 Å². The summed E-state index contributed by atoms with van der Waals surface area (Å²) in [5.74, 6) is -0.508. The number of nitrogens with one attached hydrogen (secondary N) is 1. The number of hydrogen-bond acceptors (Lipinski definition) is 3. The number of rotatable bonds is 2. The van der Waals surface area contributed by atoms with E-state index in [4.69, 9.17) is 0 Å². The maximum absolute atomic E-state index is 14.6. The van der Waals surface area contributed by atoms with Crippen molar-refractivity contribution in [1.82, 2.24) is 9.55 Å². The Morgan fingerprint density at radius 3 is 2.69 bits per heavy atom. The van der Waals surface area contributed by atoms with Crippen LogP contribution >= 0.6 is 0 Å². The van der Waals surface area contributed by atoms with Crippen LogP contribution in [0.4, 0.5) is 4.39 Å². The third-order valence-electron chi connectivity index (χ3n) is 6.15. The van der Waals surface area contributed by atoms with Crippen LogP contribution in [0.2, 0.25) is 0 Å². The number of benzene rings is 2. The number of pyridine rings is 1. The Labute approximate surface area is 166 Å². The van der Waals surface area contributed by atoms with Gasteiger partial charge >= 0.3 is 0 Å². The van der Waals surface area contributed by atoms with E-state index >= 15 is 0 Å². The quantitative estimate of drug-likeness (QED) is 0.524. The Morgan fingerprint density at radius 2 is 1.97 bits per heavy atom. The summed E-state index contributed by atoms with van der Waals surface area (Å²) in [6, 6.07) is 10.4.